The van der Waals surface area contributed by atoms with Gasteiger partial charge in [0.05, 0.1) is 12.2 Å². The second kappa shape index (κ2) is 3.13. The van der Waals surface area contributed by atoms with Crippen LogP contribution in [-0.2, 0) is 4.79 Å². The predicted octanol–water partition coefficient (Wildman–Crippen LogP) is 2.51. The normalized spacial score (nSPS) is 24.3. The maximum atomic E-state index is 11.4. The van der Waals surface area contributed by atoms with Crippen LogP contribution in [0.15, 0.2) is 22.8 Å². The van der Waals surface area contributed by atoms with E-state index in [2.05, 4.69) is 0 Å². The molecule has 64 valence electrons. The third-order valence-corrected chi connectivity index (χ3v) is 2.44. The zero-order valence-electron chi connectivity index (χ0n) is 6.95. The summed E-state index contributed by atoms with van der Waals surface area (Å²) >= 11 is 0. The van der Waals surface area contributed by atoms with E-state index in [1.54, 1.807) is 6.26 Å². The topological polar surface area (TPSA) is 30.2 Å². The molecule has 1 fully saturated rings. The molecule has 0 saturated heterocycles. The van der Waals surface area contributed by atoms with Crippen molar-refractivity contribution in [3.05, 3.63) is 24.2 Å². The summed E-state index contributed by atoms with van der Waals surface area (Å²) in [6.45, 7) is 0. The molecule has 1 aromatic rings. The Bertz CT molecular complexity index is 261. The van der Waals surface area contributed by atoms with Gasteiger partial charge in [-0.05, 0) is 25.0 Å². The van der Waals surface area contributed by atoms with E-state index < -0.39 is 0 Å². The van der Waals surface area contributed by atoms with Crippen LogP contribution in [0, 0.1) is 0 Å². The number of hydrogen-bond acceptors (Lipinski definition) is 2. The summed E-state index contributed by atoms with van der Waals surface area (Å²) in [4.78, 5) is 11.4. The van der Waals surface area contributed by atoms with E-state index in [-0.39, 0.29) is 5.92 Å². The highest BCUT2D eigenvalue weighted by Crippen LogP contribution is 2.29. The van der Waals surface area contributed by atoms with E-state index in [0.717, 1.165) is 31.4 Å². The number of furan rings is 1. The van der Waals surface area contributed by atoms with Gasteiger partial charge in [0, 0.05) is 6.42 Å². The third-order valence-electron chi connectivity index (χ3n) is 2.44. The fourth-order valence-electron chi connectivity index (χ4n) is 1.77. The van der Waals surface area contributed by atoms with Crippen LogP contribution in [0.2, 0.25) is 0 Å². The van der Waals surface area contributed by atoms with Gasteiger partial charge in [-0.2, -0.15) is 0 Å². The van der Waals surface area contributed by atoms with Crippen molar-refractivity contribution in [2.45, 2.75) is 31.6 Å². The number of rotatable bonds is 1. The first-order valence-corrected chi connectivity index (χ1v) is 4.44. The van der Waals surface area contributed by atoms with Gasteiger partial charge in [0.1, 0.15) is 11.5 Å². The van der Waals surface area contributed by atoms with Gasteiger partial charge in [-0.15, -0.1) is 0 Å². The Balaban J connectivity index is 2.17. The Labute approximate surface area is 71.6 Å². The molecule has 1 unspecified atom stereocenters. The van der Waals surface area contributed by atoms with Crippen LogP contribution < -0.4 is 0 Å². The summed E-state index contributed by atoms with van der Waals surface area (Å²) in [6.07, 6.45) is 5.53. The molecule has 1 aliphatic rings. The van der Waals surface area contributed by atoms with Crippen LogP contribution in [0.4, 0.5) is 0 Å². The molecule has 1 saturated carbocycles. The zero-order chi connectivity index (χ0) is 8.39. The number of carbonyl (C=O) groups excluding carboxylic acids is 1. The lowest BCUT2D eigenvalue weighted by Gasteiger charge is -2.17. The van der Waals surface area contributed by atoms with Gasteiger partial charge in [0.25, 0.3) is 0 Å². The Kier molecular flexibility index (Phi) is 1.98. The molecule has 0 aromatic carbocycles. The quantitative estimate of drug-likeness (QED) is 0.638. The second-order valence-electron chi connectivity index (χ2n) is 3.28. The Morgan fingerprint density at radius 2 is 2.33 bits per heavy atom. The lowest BCUT2D eigenvalue weighted by molar-refractivity contribution is -0.122. The fraction of sp³-hybridized carbons (Fsp3) is 0.500. The molecule has 0 radical (unpaired) electrons. The van der Waals surface area contributed by atoms with Gasteiger partial charge >= 0.3 is 0 Å². The van der Waals surface area contributed by atoms with Gasteiger partial charge in [-0.3, -0.25) is 4.79 Å². The summed E-state index contributed by atoms with van der Waals surface area (Å²) in [5.41, 5.74) is 0. The molecule has 1 aromatic heterocycles. The standard InChI is InChI=1S/C10H12O2/c11-9-5-2-1-4-8(9)10-6-3-7-12-10/h3,6-8H,1-2,4-5H2. The number of carbonyl (C=O) groups is 1. The number of ketones is 1. The highest BCUT2D eigenvalue weighted by atomic mass is 16.3. The largest absolute Gasteiger partial charge is 0.469 e. The molecule has 0 aliphatic heterocycles. The van der Waals surface area contributed by atoms with Crippen LogP contribution >= 0.6 is 0 Å². The molecule has 2 heteroatoms. The maximum Gasteiger partial charge on any atom is 0.143 e. The molecule has 2 rings (SSSR count). The average molecular weight is 164 g/mol. The molecule has 0 amide bonds. The Morgan fingerprint density at radius 1 is 1.42 bits per heavy atom. The summed E-state index contributed by atoms with van der Waals surface area (Å²) in [7, 11) is 0. The molecule has 0 N–H and O–H groups in total. The lowest BCUT2D eigenvalue weighted by atomic mass is 9.86. The Hall–Kier alpha value is -1.05. The smallest absolute Gasteiger partial charge is 0.143 e. The van der Waals surface area contributed by atoms with Crippen LogP contribution in [0.25, 0.3) is 0 Å². The van der Waals surface area contributed by atoms with E-state index in [0.29, 0.717) is 5.78 Å². The van der Waals surface area contributed by atoms with Crippen LogP contribution in [0.5, 0.6) is 0 Å². The monoisotopic (exact) mass is 164 g/mol. The zero-order valence-corrected chi connectivity index (χ0v) is 6.95. The molecular weight excluding hydrogens is 152 g/mol. The van der Waals surface area contributed by atoms with Crippen molar-refractivity contribution in [1.29, 1.82) is 0 Å². The highest BCUT2D eigenvalue weighted by Gasteiger charge is 2.25. The summed E-state index contributed by atoms with van der Waals surface area (Å²) in [5, 5.41) is 0. The van der Waals surface area contributed by atoms with Crippen molar-refractivity contribution in [2.24, 2.45) is 0 Å². The van der Waals surface area contributed by atoms with Crippen molar-refractivity contribution >= 4 is 5.78 Å². The molecule has 1 aliphatic carbocycles. The average Bonchev–Trinajstić information content (AvgIpc) is 2.57. The Morgan fingerprint density at radius 3 is 3.00 bits per heavy atom. The highest BCUT2D eigenvalue weighted by molar-refractivity contribution is 5.85. The molecule has 1 heterocycles. The summed E-state index contributed by atoms with van der Waals surface area (Å²) in [5.74, 6) is 1.24. The second-order valence-corrected chi connectivity index (χ2v) is 3.28. The van der Waals surface area contributed by atoms with E-state index in [1.165, 1.54) is 0 Å². The SMILES string of the molecule is O=C1CCCCC1c1ccco1. The first-order chi connectivity index (χ1) is 5.88. The number of Topliss-reactive ketones (excluding diaryl/α,β-unsaturated/α-hetero) is 1. The molecular formula is C10H12O2. The molecule has 0 bridgehead atoms. The van der Waals surface area contributed by atoms with Crippen molar-refractivity contribution < 1.29 is 9.21 Å². The van der Waals surface area contributed by atoms with Crippen molar-refractivity contribution in [1.82, 2.24) is 0 Å². The van der Waals surface area contributed by atoms with Crippen molar-refractivity contribution in [2.75, 3.05) is 0 Å². The van der Waals surface area contributed by atoms with Crippen LogP contribution in [0.1, 0.15) is 37.4 Å². The van der Waals surface area contributed by atoms with E-state index in [1.807, 2.05) is 12.1 Å². The first kappa shape index (κ1) is 7.59. The molecule has 0 spiro atoms. The van der Waals surface area contributed by atoms with Gasteiger partial charge in [-0.25, -0.2) is 0 Å². The summed E-state index contributed by atoms with van der Waals surface area (Å²) < 4.78 is 5.22. The summed E-state index contributed by atoms with van der Waals surface area (Å²) in [6, 6.07) is 3.74. The minimum atomic E-state index is 0.0498. The third kappa shape index (κ3) is 1.29. The minimum Gasteiger partial charge on any atom is -0.469 e. The van der Waals surface area contributed by atoms with E-state index in [9.17, 15) is 4.79 Å². The van der Waals surface area contributed by atoms with Gasteiger partial charge in [-0.1, -0.05) is 6.42 Å². The van der Waals surface area contributed by atoms with Crippen LogP contribution in [0.3, 0.4) is 0 Å². The van der Waals surface area contributed by atoms with Gasteiger partial charge in [0.15, 0.2) is 0 Å². The molecule has 2 nitrogen and oxygen atoms in total. The fourth-order valence-corrected chi connectivity index (χ4v) is 1.77. The molecule has 1 atom stereocenters. The number of hydrogen-bond donors (Lipinski definition) is 0. The predicted molar refractivity (Wildman–Crippen MR) is 44.9 cm³/mol. The van der Waals surface area contributed by atoms with E-state index >= 15 is 0 Å². The van der Waals surface area contributed by atoms with Crippen molar-refractivity contribution in [3.8, 4) is 0 Å². The van der Waals surface area contributed by atoms with Crippen molar-refractivity contribution in [3.63, 3.8) is 0 Å². The molecule has 12 heavy (non-hydrogen) atoms. The first-order valence-electron chi connectivity index (χ1n) is 4.44. The lowest BCUT2D eigenvalue weighted by Crippen LogP contribution is -2.16. The van der Waals surface area contributed by atoms with Gasteiger partial charge < -0.3 is 4.42 Å². The maximum absolute atomic E-state index is 11.4. The van der Waals surface area contributed by atoms with Crippen LogP contribution in [-0.4, -0.2) is 5.78 Å². The van der Waals surface area contributed by atoms with E-state index in [4.69, 9.17) is 4.42 Å². The van der Waals surface area contributed by atoms with Gasteiger partial charge in [0.2, 0.25) is 0 Å². The minimum absolute atomic E-state index is 0.0498.